The molecule has 3 rings (SSSR count). The second kappa shape index (κ2) is 4.23. The zero-order valence-corrected chi connectivity index (χ0v) is 10.0. The molecular weight excluding hydrogens is 224 g/mol. The van der Waals surface area contributed by atoms with Gasteiger partial charge in [-0.1, -0.05) is 12.1 Å². The van der Waals surface area contributed by atoms with Crippen LogP contribution in [0.5, 0.6) is 0 Å². The van der Waals surface area contributed by atoms with Gasteiger partial charge in [-0.25, -0.2) is 0 Å². The predicted octanol–water partition coefficient (Wildman–Crippen LogP) is 2.15. The number of aromatic nitrogens is 1. The van der Waals surface area contributed by atoms with E-state index in [0.717, 1.165) is 11.1 Å². The molecule has 1 N–H and O–H groups in total. The maximum atomic E-state index is 11.8. The van der Waals surface area contributed by atoms with Crippen LogP contribution < -0.4 is 0 Å². The molecule has 1 aromatic heterocycles. The number of hydrogen-bond donors (Lipinski definition) is 1. The number of aromatic amines is 1. The number of fused-ring (bicyclic) bond motifs is 1. The molecule has 3 nitrogen and oxygen atoms in total. The van der Waals surface area contributed by atoms with Crippen molar-refractivity contribution in [3.05, 3.63) is 36.0 Å². The lowest BCUT2D eigenvalue weighted by Crippen LogP contribution is -2.24. The van der Waals surface area contributed by atoms with Crippen molar-refractivity contribution < 1.29 is 4.79 Å². The van der Waals surface area contributed by atoms with E-state index in [9.17, 15) is 4.79 Å². The van der Waals surface area contributed by atoms with Crippen LogP contribution in [0.25, 0.3) is 10.9 Å². The van der Waals surface area contributed by atoms with Crippen LogP contribution in [0.2, 0.25) is 0 Å². The second-order valence-electron chi connectivity index (χ2n) is 4.74. The molecule has 0 aliphatic carbocycles. The van der Waals surface area contributed by atoms with E-state index in [0.29, 0.717) is 19.5 Å². The molecule has 0 radical (unpaired) electrons. The third-order valence-corrected chi connectivity index (χ3v) is 3.44. The highest BCUT2D eigenvalue weighted by molar-refractivity contribution is 5.81. The highest BCUT2D eigenvalue weighted by Gasteiger charge is 2.27. The Hall–Kier alpha value is -2.21. The Kier molecular flexibility index (Phi) is 2.56. The quantitative estimate of drug-likeness (QED) is 0.799. The number of H-pyrrole nitrogens is 1. The Balaban J connectivity index is 1.80. The SMILES string of the molecule is C#CC1CC(=O)N(Cc2ccc3cc[nH]c3c2)C1. The van der Waals surface area contributed by atoms with Gasteiger partial charge in [0.15, 0.2) is 0 Å². The average Bonchev–Trinajstić information content (AvgIpc) is 2.96. The summed E-state index contributed by atoms with van der Waals surface area (Å²) >= 11 is 0. The molecule has 2 heterocycles. The maximum Gasteiger partial charge on any atom is 0.224 e. The van der Waals surface area contributed by atoms with E-state index >= 15 is 0 Å². The van der Waals surface area contributed by atoms with Crippen LogP contribution in [0.15, 0.2) is 30.5 Å². The van der Waals surface area contributed by atoms with Crippen LogP contribution >= 0.6 is 0 Å². The molecule has 1 fully saturated rings. The number of nitrogens with one attached hydrogen (secondary N) is 1. The summed E-state index contributed by atoms with van der Waals surface area (Å²) in [4.78, 5) is 16.8. The number of carbonyl (C=O) groups is 1. The minimum atomic E-state index is 0.0757. The van der Waals surface area contributed by atoms with Crippen molar-refractivity contribution >= 4 is 16.8 Å². The molecule has 1 aliphatic heterocycles. The van der Waals surface area contributed by atoms with Gasteiger partial charge in [-0.05, 0) is 23.1 Å². The van der Waals surface area contributed by atoms with E-state index in [1.807, 2.05) is 17.2 Å². The number of amides is 1. The monoisotopic (exact) mass is 238 g/mol. The summed E-state index contributed by atoms with van der Waals surface area (Å²) in [7, 11) is 0. The fraction of sp³-hybridized carbons (Fsp3) is 0.267. The van der Waals surface area contributed by atoms with E-state index in [1.54, 1.807) is 0 Å². The number of rotatable bonds is 2. The van der Waals surface area contributed by atoms with Gasteiger partial charge in [0, 0.05) is 37.1 Å². The Labute approximate surface area is 106 Å². The zero-order chi connectivity index (χ0) is 12.5. The summed E-state index contributed by atoms with van der Waals surface area (Å²) in [5.74, 6) is 2.90. The van der Waals surface area contributed by atoms with E-state index in [2.05, 4.69) is 29.1 Å². The van der Waals surface area contributed by atoms with Crippen LogP contribution in [0.4, 0.5) is 0 Å². The molecule has 0 bridgehead atoms. The molecule has 1 aliphatic rings. The summed E-state index contributed by atoms with van der Waals surface area (Å²) in [6, 6.07) is 8.26. The number of hydrogen-bond acceptors (Lipinski definition) is 1. The number of nitrogens with zero attached hydrogens (tertiary/aromatic N) is 1. The number of terminal acetylenes is 1. The Morgan fingerprint density at radius 1 is 1.44 bits per heavy atom. The van der Waals surface area contributed by atoms with Gasteiger partial charge >= 0.3 is 0 Å². The number of benzene rings is 1. The topological polar surface area (TPSA) is 36.1 Å². The van der Waals surface area contributed by atoms with Gasteiger partial charge in [-0.2, -0.15) is 0 Å². The molecule has 1 amide bonds. The highest BCUT2D eigenvalue weighted by atomic mass is 16.2. The smallest absolute Gasteiger partial charge is 0.224 e. The fourth-order valence-corrected chi connectivity index (χ4v) is 2.45. The summed E-state index contributed by atoms with van der Waals surface area (Å²) in [5, 5.41) is 1.19. The van der Waals surface area contributed by atoms with Crippen molar-refractivity contribution in [2.45, 2.75) is 13.0 Å². The number of carbonyl (C=O) groups excluding carboxylic acids is 1. The first-order chi connectivity index (χ1) is 8.76. The van der Waals surface area contributed by atoms with E-state index in [1.165, 1.54) is 5.39 Å². The molecule has 0 spiro atoms. The Morgan fingerprint density at radius 2 is 2.33 bits per heavy atom. The first kappa shape index (κ1) is 10.9. The van der Waals surface area contributed by atoms with Crippen LogP contribution in [0, 0.1) is 18.3 Å². The Bertz CT molecular complexity index is 635. The third-order valence-electron chi connectivity index (χ3n) is 3.44. The lowest BCUT2D eigenvalue weighted by Gasteiger charge is -2.15. The van der Waals surface area contributed by atoms with Gasteiger partial charge in [0.2, 0.25) is 5.91 Å². The highest BCUT2D eigenvalue weighted by Crippen LogP contribution is 2.21. The third kappa shape index (κ3) is 1.86. The molecule has 90 valence electrons. The molecule has 3 heteroatoms. The van der Waals surface area contributed by atoms with Crippen molar-refractivity contribution in [1.29, 1.82) is 0 Å². The largest absolute Gasteiger partial charge is 0.361 e. The molecular formula is C15H14N2O. The lowest BCUT2D eigenvalue weighted by atomic mass is 10.1. The van der Waals surface area contributed by atoms with Crippen LogP contribution in [0.3, 0.4) is 0 Å². The molecule has 0 saturated carbocycles. The first-order valence-electron chi connectivity index (χ1n) is 6.06. The predicted molar refractivity (Wildman–Crippen MR) is 70.7 cm³/mol. The van der Waals surface area contributed by atoms with Crippen molar-refractivity contribution in [3.63, 3.8) is 0 Å². The second-order valence-corrected chi connectivity index (χ2v) is 4.74. The van der Waals surface area contributed by atoms with E-state index in [-0.39, 0.29) is 11.8 Å². The normalized spacial score (nSPS) is 19.4. The average molecular weight is 238 g/mol. The van der Waals surface area contributed by atoms with Crippen molar-refractivity contribution in [2.75, 3.05) is 6.54 Å². The zero-order valence-electron chi connectivity index (χ0n) is 10.0. The molecule has 18 heavy (non-hydrogen) atoms. The van der Waals surface area contributed by atoms with Gasteiger partial charge < -0.3 is 9.88 Å². The maximum absolute atomic E-state index is 11.8. The van der Waals surface area contributed by atoms with Gasteiger partial charge in [-0.3, -0.25) is 4.79 Å². The van der Waals surface area contributed by atoms with Crippen LogP contribution in [-0.4, -0.2) is 22.3 Å². The summed E-state index contributed by atoms with van der Waals surface area (Å²) < 4.78 is 0. The summed E-state index contributed by atoms with van der Waals surface area (Å²) in [6.45, 7) is 1.32. The molecule has 1 unspecified atom stereocenters. The molecule has 1 atom stereocenters. The summed E-state index contributed by atoms with van der Waals surface area (Å²) in [5.41, 5.74) is 2.24. The van der Waals surface area contributed by atoms with E-state index < -0.39 is 0 Å². The molecule has 1 saturated heterocycles. The van der Waals surface area contributed by atoms with Gasteiger partial charge in [0.1, 0.15) is 0 Å². The van der Waals surface area contributed by atoms with Gasteiger partial charge in [-0.15, -0.1) is 12.3 Å². The van der Waals surface area contributed by atoms with Gasteiger partial charge in [0.05, 0.1) is 0 Å². The minimum Gasteiger partial charge on any atom is -0.361 e. The standard InChI is InChI=1S/C15H14N2O/c1-2-11-8-15(18)17(9-11)10-12-3-4-13-5-6-16-14(13)7-12/h1,3-7,11,16H,8-10H2. The van der Waals surface area contributed by atoms with Crippen molar-refractivity contribution in [1.82, 2.24) is 9.88 Å². The minimum absolute atomic E-state index is 0.0757. The molecule has 1 aromatic carbocycles. The fourth-order valence-electron chi connectivity index (χ4n) is 2.45. The lowest BCUT2D eigenvalue weighted by molar-refractivity contribution is -0.128. The van der Waals surface area contributed by atoms with Crippen molar-refractivity contribution in [3.8, 4) is 12.3 Å². The van der Waals surface area contributed by atoms with Crippen LogP contribution in [0.1, 0.15) is 12.0 Å². The first-order valence-corrected chi connectivity index (χ1v) is 6.06. The van der Waals surface area contributed by atoms with E-state index in [4.69, 9.17) is 6.42 Å². The van der Waals surface area contributed by atoms with Gasteiger partial charge in [0.25, 0.3) is 0 Å². The van der Waals surface area contributed by atoms with Crippen molar-refractivity contribution in [2.24, 2.45) is 5.92 Å². The summed E-state index contributed by atoms with van der Waals surface area (Å²) in [6.07, 6.45) is 7.79. The Morgan fingerprint density at radius 3 is 3.11 bits per heavy atom. The molecule has 2 aromatic rings. The van der Waals surface area contributed by atoms with Crippen LogP contribution in [-0.2, 0) is 11.3 Å². The number of likely N-dealkylation sites (tertiary alicyclic amines) is 1.